The van der Waals surface area contributed by atoms with Gasteiger partial charge in [0.1, 0.15) is 5.60 Å². The van der Waals surface area contributed by atoms with Gasteiger partial charge in [0.05, 0.1) is 0 Å². The molecule has 0 heterocycles. The van der Waals surface area contributed by atoms with Crippen LogP contribution in [0.2, 0.25) is 0 Å². The molecule has 0 amide bonds. The first-order valence-corrected chi connectivity index (χ1v) is 8.88. The Labute approximate surface area is 161 Å². The second-order valence-corrected chi connectivity index (χ2v) is 6.28. The molecule has 3 aromatic carbocycles. The summed E-state index contributed by atoms with van der Waals surface area (Å²) in [6.45, 7) is 2.09. The zero-order valence-corrected chi connectivity index (χ0v) is 15.5. The van der Waals surface area contributed by atoms with Crippen molar-refractivity contribution in [3.05, 3.63) is 108 Å². The monoisotopic (exact) mass is 363 g/mol. The van der Waals surface area contributed by atoms with Crippen LogP contribution < -0.4 is 6.15 Å². The normalized spacial score (nSPS) is 12.1. The summed E-state index contributed by atoms with van der Waals surface area (Å²) in [5, 5.41) is 19.7. The van der Waals surface area contributed by atoms with E-state index in [9.17, 15) is 10.0 Å². The molecule has 3 aromatic rings. The van der Waals surface area contributed by atoms with Gasteiger partial charge in [-0.05, 0) is 23.1 Å². The zero-order valence-electron chi connectivity index (χ0n) is 15.5. The lowest BCUT2D eigenvalue weighted by Gasteiger charge is -2.42. The minimum absolute atomic E-state index is 0. The predicted molar refractivity (Wildman–Crippen MR) is 109 cm³/mol. The van der Waals surface area contributed by atoms with Crippen molar-refractivity contribution in [2.45, 2.75) is 24.9 Å². The molecule has 0 aliphatic heterocycles. The highest BCUT2D eigenvalue weighted by molar-refractivity contribution is 6.32. The van der Waals surface area contributed by atoms with Gasteiger partial charge in [-0.15, -0.1) is 0 Å². The summed E-state index contributed by atoms with van der Waals surface area (Å²) in [5.41, 5.74) is 1.83. The lowest BCUT2D eigenvalue weighted by Crippen LogP contribution is -2.43. The van der Waals surface area contributed by atoms with Gasteiger partial charge in [0.15, 0.2) is 0 Å². The molecule has 5 heteroatoms. The number of rotatable bonds is 7. The molecule has 140 valence electrons. The van der Waals surface area contributed by atoms with Gasteiger partial charge in [0, 0.05) is 5.92 Å². The Bertz CT molecular complexity index is 758. The summed E-state index contributed by atoms with van der Waals surface area (Å²) in [6, 6.07) is 29.6. The van der Waals surface area contributed by atoms with E-state index in [2.05, 4.69) is 19.1 Å². The third kappa shape index (κ3) is 4.29. The van der Waals surface area contributed by atoms with Crippen molar-refractivity contribution in [1.29, 1.82) is 0 Å². The maximum atomic E-state index is 9.84. The van der Waals surface area contributed by atoms with E-state index >= 15 is 0 Å². The lowest BCUT2D eigenvalue weighted by atomic mass is 9.71. The minimum Gasteiger partial charge on any atom is -0.402 e. The van der Waals surface area contributed by atoms with Crippen LogP contribution in [0.4, 0.5) is 0 Å². The van der Waals surface area contributed by atoms with Crippen LogP contribution in [0.5, 0.6) is 0 Å². The molecule has 5 N–H and O–H groups in total. The van der Waals surface area contributed by atoms with Crippen molar-refractivity contribution >= 4 is 7.32 Å². The summed E-state index contributed by atoms with van der Waals surface area (Å²) >= 11 is 0. The molecule has 27 heavy (non-hydrogen) atoms. The summed E-state index contributed by atoms with van der Waals surface area (Å²) in [6.07, 6.45) is 0.764. The summed E-state index contributed by atoms with van der Waals surface area (Å²) in [4.78, 5) is 0. The van der Waals surface area contributed by atoms with E-state index < -0.39 is 12.9 Å². The molecule has 0 fully saturated rings. The second kappa shape index (κ2) is 9.49. The highest BCUT2D eigenvalue weighted by atomic mass is 16.6. The molecule has 3 rings (SSSR count). The molecule has 0 aromatic heterocycles. The van der Waals surface area contributed by atoms with Gasteiger partial charge >= 0.3 is 7.32 Å². The van der Waals surface area contributed by atoms with Crippen LogP contribution in [0.15, 0.2) is 91.0 Å². The fraction of sp³-hybridized carbons (Fsp3) is 0.182. The Hall–Kier alpha value is -2.44. The van der Waals surface area contributed by atoms with Gasteiger partial charge in [-0.3, -0.25) is 0 Å². The van der Waals surface area contributed by atoms with Crippen LogP contribution >= 0.6 is 0 Å². The topological polar surface area (TPSA) is 84.7 Å². The molecule has 1 unspecified atom stereocenters. The van der Waals surface area contributed by atoms with Crippen molar-refractivity contribution in [3.63, 3.8) is 0 Å². The van der Waals surface area contributed by atoms with E-state index in [4.69, 9.17) is 4.65 Å². The highest BCUT2D eigenvalue weighted by Gasteiger charge is 2.45. The fourth-order valence-electron chi connectivity index (χ4n) is 3.77. The Morgan fingerprint density at radius 3 is 1.56 bits per heavy atom. The number of hydrogen-bond acceptors (Lipinski definition) is 4. The second-order valence-electron chi connectivity index (χ2n) is 6.28. The first-order chi connectivity index (χ1) is 12.7. The Morgan fingerprint density at radius 1 is 0.778 bits per heavy atom. The van der Waals surface area contributed by atoms with Gasteiger partial charge in [-0.2, -0.15) is 0 Å². The predicted octanol–water partition coefficient (Wildman–Crippen LogP) is 4.27. The Kier molecular flexibility index (Phi) is 7.33. The standard InChI is InChI=1S/C22H23BO3.H3N/c1-2-21(18-12-6-3-7-13-18)22(26-23(24)25,19-14-8-4-9-15-19)20-16-10-5-11-17-20;/h3-17,21,24-25H,2H2,1H3;1H3. The average Bonchev–Trinajstić information content (AvgIpc) is 2.69. The zero-order chi connectivity index (χ0) is 18.4. The third-order valence-electron chi connectivity index (χ3n) is 4.80. The maximum absolute atomic E-state index is 9.84. The molecule has 4 nitrogen and oxygen atoms in total. The van der Waals surface area contributed by atoms with Gasteiger partial charge in [-0.1, -0.05) is 97.9 Å². The first kappa shape index (κ1) is 20.9. The van der Waals surface area contributed by atoms with E-state index in [0.717, 1.165) is 23.1 Å². The third-order valence-corrected chi connectivity index (χ3v) is 4.80. The van der Waals surface area contributed by atoms with Gasteiger partial charge in [-0.25, -0.2) is 0 Å². The SMILES string of the molecule is CCC(c1ccccc1)C(OB(O)O)(c1ccccc1)c1ccccc1.N. The fourth-order valence-corrected chi connectivity index (χ4v) is 3.77. The molecule has 0 spiro atoms. The van der Waals surface area contributed by atoms with Crippen LogP contribution in [0.1, 0.15) is 36.0 Å². The van der Waals surface area contributed by atoms with Gasteiger partial charge in [0.25, 0.3) is 0 Å². The van der Waals surface area contributed by atoms with E-state index in [-0.39, 0.29) is 12.1 Å². The molecule has 0 aliphatic rings. The van der Waals surface area contributed by atoms with Crippen LogP contribution in [-0.2, 0) is 10.3 Å². The molecule has 0 saturated carbocycles. The van der Waals surface area contributed by atoms with Crippen LogP contribution in [0.25, 0.3) is 0 Å². The molecule has 0 saturated heterocycles. The molecule has 0 aliphatic carbocycles. The average molecular weight is 363 g/mol. The lowest BCUT2D eigenvalue weighted by molar-refractivity contribution is 0.0242. The number of hydrogen-bond donors (Lipinski definition) is 3. The summed E-state index contributed by atoms with van der Waals surface area (Å²) < 4.78 is 5.93. The number of benzene rings is 3. The van der Waals surface area contributed by atoms with E-state index in [1.54, 1.807) is 0 Å². The smallest absolute Gasteiger partial charge is 0.402 e. The van der Waals surface area contributed by atoms with Crippen LogP contribution in [0.3, 0.4) is 0 Å². The van der Waals surface area contributed by atoms with E-state index in [1.165, 1.54) is 0 Å². The van der Waals surface area contributed by atoms with Crippen LogP contribution in [0, 0.1) is 0 Å². The van der Waals surface area contributed by atoms with E-state index in [1.807, 2.05) is 78.9 Å². The van der Waals surface area contributed by atoms with Crippen LogP contribution in [-0.4, -0.2) is 17.4 Å². The Balaban J connectivity index is 0.00000261. The van der Waals surface area contributed by atoms with Crippen molar-refractivity contribution in [2.24, 2.45) is 0 Å². The van der Waals surface area contributed by atoms with Crippen molar-refractivity contribution in [3.8, 4) is 0 Å². The molecular formula is C22H26BNO3. The molecule has 0 bridgehead atoms. The highest BCUT2D eigenvalue weighted by Crippen LogP contribution is 2.47. The first-order valence-electron chi connectivity index (χ1n) is 8.88. The summed E-state index contributed by atoms with van der Waals surface area (Å²) in [5.74, 6) is -0.102. The molecule has 1 atom stereocenters. The minimum atomic E-state index is -1.90. The van der Waals surface area contributed by atoms with Gasteiger partial charge < -0.3 is 20.9 Å². The maximum Gasteiger partial charge on any atom is 0.634 e. The van der Waals surface area contributed by atoms with Crippen molar-refractivity contribution < 1.29 is 14.7 Å². The largest absolute Gasteiger partial charge is 0.634 e. The van der Waals surface area contributed by atoms with Gasteiger partial charge in [0.2, 0.25) is 0 Å². The van der Waals surface area contributed by atoms with Crippen molar-refractivity contribution in [2.75, 3.05) is 0 Å². The molecule has 0 radical (unpaired) electrons. The quantitative estimate of drug-likeness (QED) is 0.547. The molecular weight excluding hydrogens is 337 g/mol. The van der Waals surface area contributed by atoms with Crippen molar-refractivity contribution in [1.82, 2.24) is 6.15 Å². The van der Waals surface area contributed by atoms with E-state index in [0.29, 0.717) is 0 Å². The summed E-state index contributed by atoms with van der Waals surface area (Å²) in [7, 11) is -1.90. The Morgan fingerprint density at radius 2 is 1.19 bits per heavy atom.